The van der Waals surface area contributed by atoms with Crippen molar-refractivity contribution in [1.82, 2.24) is 4.90 Å². The van der Waals surface area contributed by atoms with Crippen molar-refractivity contribution in [3.63, 3.8) is 0 Å². The molecule has 0 N–H and O–H groups in total. The van der Waals surface area contributed by atoms with Crippen LogP contribution in [-0.4, -0.2) is 44.0 Å². The number of anilines is 1. The second-order valence-corrected chi connectivity index (χ2v) is 8.98. The van der Waals surface area contributed by atoms with Gasteiger partial charge in [0.2, 0.25) is 0 Å². The third-order valence-electron chi connectivity index (χ3n) is 5.64. The lowest BCUT2D eigenvalue weighted by Crippen LogP contribution is -2.42. The first-order valence-corrected chi connectivity index (χ1v) is 11.0. The van der Waals surface area contributed by atoms with E-state index in [4.69, 9.17) is 9.47 Å². The summed E-state index contributed by atoms with van der Waals surface area (Å²) in [6.45, 7) is 5.92. The first kappa shape index (κ1) is 20.5. The van der Waals surface area contributed by atoms with Gasteiger partial charge in [-0.25, -0.2) is 4.90 Å². The highest BCUT2D eigenvalue weighted by molar-refractivity contribution is 7.11. The Bertz CT molecular complexity index is 989. The van der Waals surface area contributed by atoms with E-state index in [1.165, 1.54) is 23.3 Å². The molecule has 1 saturated heterocycles. The quantitative estimate of drug-likeness (QED) is 0.676. The van der Waals surface area contributed by atoms with Crippen LogP contribution in [0.25, 0.3) is 5.57 Å². The minimum atomic E-state index is -0.313. The lowest BCUT2D eigenvalue weighted by Gasteiger charge is -2.37. The van der Waals surface area contributed by atoms with Gasteiger partial charge in [0.25, 0.3) is 11.8 Å². The van der Waals surface area contributed by atoms with Gasteiger partial charge in [-0.15, -0.1) is 11.3 Å². The molecule has 1 fully saturated rings. The Balaban J connectivity index is 1.82. The van der Waals surface area contributed by atoms with Gasteiger partial charge < -0.3 is 14.4 Å². The molecule has 2 unspecified atom stereocenters. The Morgan fingerprint density at radius 1 is 1.00 bits per heavy atom. The Kier molecular flexibility index (Phi) is 5.56. The standard InChI is InChI=1S/C23H26N2O4S/c1-14-10-15(2)13-24(12-14)21-20(19-6-5-9-30-19)22(26)25(23(21)27)17-8-7-16(28-3)11-18(17)29-4/h5-9,11,14-15H,10,12-13H2,1-4H3. The fraction of sp³-hybridized carbons (Fsp3) is 0.391. The Morgan fingerprint density at radius 2 is 1.73 bits per heavy atom. The number of carbonyl (C=O) groups is 2. The van der Waals surface area contributed by atoms with E-state index in [1.807, 2.05) is 17.5 Å². The van der Waals surface area contributed by atoms with Crippen LogP contribution in [0.1, 0.15) is 25.1 Å². The number of hydrogen-bond donors (Lipinski definition) is 0. The van der Waals surface area contributed by atoms with Crippen molar-refractivity contribution in [2.75, 3.05) is 32.2 Å². The molecule has 2 atom stereocenters. The van der Waals surface area contributed by atoms with Gasteiger partial charge in [0.15, 0.2) is 0 Å². The summed E-state index contributed by atoms with van der Waals surface area (Å²) in [4.78, 5) is 31.4. The summed E-state index contributed by atoms with van der Waals surface area (Å²) >= 11 is 1.47. The number of ether oxygens (including phenoxy) is 2. The fourth-order valence-electron chi connectivity index (χ4n) is 4.49. The molecular formula is C23H26N2O4S. The van der Waals surface area contributed by atoms with Crippen molar-refractivity contribution < 1.29 is 19.1 Å². The Morgan fingerprint density at radius 3 is 2.33 bits per heavy atom. The maximum Gasteiger partial charge on any atom is 0.282 e. The third kappa shape index (κ3) is 3.47. The van der Waals surface area contributed by atoms with Crippen LogP contribution in [0.15, 0.2) is 41.4 Å². The van der Waals surface area contributed by atoms with Crippen LogP contribution in [0.5, 0.6) is 11.5 Å². The minimum absolute atomic E-state index is 0.298. The predicted molar refractivity (Wildman–Crippen MR) is 118 cm³/mol. The van der Waals surface area contributed by atoms with Gasteiger partial charge >= 0.3 is 0 Å². The average Bonchev–Trinajstić information content (AvgIpc) is 3.33. The van der Waals surface area contributed by atoms with E-state index in [0.29, 0.717) is 40.3 Å². The molecule has 2 aliphatic rings. The second-order valence-electron chi connectivity index (χ2n) is 8.04. The summed E-state index contributed by atoms with van der Waals surface area (Å²) in [7, 11) is 3.08. The van der Waals surface area contributed by atoms with Crippen molar-refractivity contribution in [2.24, 2.45) is 11.8 Å². The van der Waals surface area contributed by atoms with Crippen molar-refractivity contribution in [1.29, 1.82) is 0 Å². The zero-order chi connectivity index (χ0) is 21.4. The summed E-state index contributed by atoms with van der Waals surface area (Å²) in [6, 6.07) is 8.91. The Hall–Kier alpha value is -2.80. The van der Waals surface area contributed by atoms with Crippen molar-refractivity contribution >= 4 is 34.4 Å². The smallest absolute Gasteiger partial charge is 0.282 e. The first-order chi connectivity index (χ1) is 14.4. The lowest BCUT2D eigenvalue weighted by atomic mass is 9.91. The highest BCUT2D eigenvalue weighted by atomic mass is 32.1. The molecule has 1 aromatic carbocycles. The molecule has 6 nitrogen and oxygen atoms in total. The first-order valence-electron chi connectivity index (χ1n) is 10.1. The maximum absolute atomic E-state index is 13.7. The van der Waals surface area contributed by atoms with E-state index in [9.17, 15) is 9.59 Å². The molecule has 0 aliphatic carbocycles. The van der Waals surface area contributed by atoms with Gasteiger partial charge in [-0.05, 0) is 41.8 Å². The van der Waals surface area contributed by atoms with Crippen LogP contribution in [0.3, 0.4) is 0 Å². The number of thiophene rings is 1. The van der Waals surface area contributed by atoms with Crippen molar-refractivity contribution in [3.05, 3.63) is 46.3 Å². The third-order valence-corrected chi connectivity index (χ3v) is 6.53. The van der Waals surface area contributed by atoms with Crippen LogP contribution in [0, 0.1) is 11.8 Å². The SMILES string of the molecule is COc1ccc(N2C(=O)C(c3cccs3)=C(N3CC(C)CC(C)C3)C2=O)c(OC)c1. The molecule has 0 spiro atoms. The topological polar surface area (TPSA) is 59.1 Å². The normalized spacial score (nSPS) is 22.1. The molecule has 4 rings (SSSR count). The summed E-state index contributed by atoms with van der Waals surface area (Å²) in [6.07, 6.45) is 1.12. The van der Waals surface area contributed by atoms with E-state index < -0.39 is 0 Å². The van der Waals surface area contributed by atoms with Gasteiger partial charge in [-0.2, -0.15) is 0 Å². The van der Waals surface area contributed by atoms with E-state index in [2.05, 4.69) is 18.7 Å². The number of likely N-dealkylation sites (tertiary alicyclic amines) is 1. The maximum atomic E-state index is 13.7. The monoisotopic (exact) mass is 426 g/mol. The molecule has 0 bridgehead atoms. The van der Waals surface area contributed by atoms with Crippen LogP contribution in [-0.2, 0) is 9.59 Å². The van der Waals surface area contributed by atoms with E-state index in [1.54, 1.807) is 25.3 Å². The number of carbonyl (C=O) groups excluding carboxylic acids is 2. The summed E-state index contributed by atoms with van der Waals surface area (Å²) in [5.74, 6) is 1.32. The molecule has 2 amide bonds. The van der Waals surface area contributed by atoms with E-state index in [0.717, 1.165) is 24.4 Å². The predicted octanol–water partition coefficient (Wildman–Crippen LogP) is 4.03. The summed E-state index contributed by atoms with van der Waals surface area (Å²) < 4.78 is 10.7. The number of benzene rings is 1. The number of imide groups is 1. The molecule has 2 aromatic rings. The molecule has 30 heavy (non-hydrogen) atoms. The highest BCUT2D eigenvalue weighted by Crippen LogP contribution is 2.42. The van der Waals surface area contributed by atoms with Crippen LogP contribution in [0.2, 0.25) is 0 Å². The van der Waals surface area contributed by atoms with Crippen LogP contribution < -0.4 is 14.4 Å². The molecular weight excluding hydrogens is 400 g/mol. The fourth-order valence-corrected chi connectivity index (χ4v) is 5.25. The molecule has 7 heteroatoms. The van der Waals surface area contributed by atoms with Crippen LogP contribution in [0.4, 0.5) is 5.69 Å². The molecule has 158 valence electrons. The number of methoxy groups -OCH3 is 2. The number of hydrogen-bond acceptors (Lipinski definition) is 6. The molecule has 3 heterocycles. The zero-order valence-electron chi connectivity index (χ0n) is 17.7. The number of amides is 2. The second kappa shape index (κ2) is 8.14. The average molecular weight is 427 g/mol. The van der Waals surface area contributed by atoms with Crippen LogP contribution >= 0.6 is 11.3 Å². The summed E-state index contributed by atoms with van der Waals surface area (Å²) in [5.41, 5.74) is 1.41. The van der Waals surface area contributed by atoms with Gasteiger partial charge in [0, 0.05) is 24.0 Å². The van der Waals surface area contributed by atoms with Gasteiger partial charge in [0.05, 0.1) is 25.5 Å². The molecule has 2 aliphatic heterocycles. The van der Waals surface area contributed by atoms with Crippen molar-refractivity contribution in [3.8, 4) is 11.5 Å². The number of nitrogens with zero attached hydrogens (tertiary/aromatic N) is 2. The largest absolute Gasteiger partial charge is 0.497 e. The Labute approximate surface area is 180 Å². The van der Waals surface area contributed by atoms with Gasteiger partial charge in [0.1, 0.15) is 17.2 Å². The molecule has 1 aromatic heterocycles. The molecule has 0 radical (unpaired) electrons. The minimum Gasteiger partial charge on any atom is -0.497 e. The van der Waals surface area contributed by atoms with E-state index >= 15 is 0 Å². The molecule has 0 saturated carbocycles. The summed E-state index contributed by atoms with van der Waals surface area (Å²) in [5, 5.41) is 1.93. The number of rotatable bonds is 5. The zero-order valence-corrected chi connectivity index (χ0v) is 18.5. The number of piperidine rings is 1. The van der Waals surface area contributed by atoms with Gasteiger partial charge in [-0.1, -0.05) is 19.9 Å². The van der Waals surface area contributed by atoms with Gasteiger partial charge in [-0.3, -0.25) is 9.59 Å². The lowest BCUT2D eigenvalue weighted by molar-refractivity contribution is -0.120. The highest BCUT2D eigenvalue weighted by Gasteiger charge is 2.45. The van der Waals surface area contributed by atoms with E-state index in [-0.39, 0.29) is 11.8 Å². The van der Waals surface area contributed by atoms with Crippen molar-refractivity contribution in [2.45, 2.75) is 20.3 Å².